The lowest BCUT2D eigenvalue weighted by Gasteiger charge is -2.27. The van der Waals surface area contributed by atoms with Crippen LogP contribution >= 0.6 is 0 Å². The first-order valence-electron chi connectivity index (χ1n) is 6.92. The highest BCUT2D eigenvalue weighted by molar-refractivity contribution is 5.88. The molecule has 0 aromatic heterocycles. The quantitative estimate of drug-likeness (QED) is 0.887. The molecule has 0 bridgehead atoms. The standard InChI is InChI=1S/C15H21NO3/c1-2-19-14-7-6-12(15(17)18)10-13(14)11-16-8-4-3-5-9-16/h6-7,10H,2-5,8-9,11H2,1H3,(H,17,18). The predicted molar refractivity (Wildman–Crippen MR) is 73.7 cm³/mol. The van der Waals surface area contributed by atoms with Gasteiger partial charge in [-0.05, 0) is 51.1 Å². The molecular formula is C15H21NO3. The largest absolute Gasteiger partial charge is 0.494 e. The number of rotatable bonds is 5. The second-order valence-corrected chi connectivity index (χ2v) is 4.90. The van der Waals surface area contributed by atoms with Gasteiger partial charge in [-0.15, -0.1) is 0 Å². The minimum absolute atomic E-state index is 0.329. The molecule has 4 heteroatoms. The molecule has 19 heavy (non-hydrogen) atoms. The van der Waals surface area contributed by atoms with Crippen molar-refractivity contribution in [1.29, 1.82) is 0 Å². The van der Waals surface area contributed by atoms with E-state index in [1.165, 1.54) is 19.3 Å². The number of carbonyl (C=O) groups is 1. The number of hydrogen-bond acceptors (Lipinski definition) is 3. The van der Waals surface area contributed by atoms with E-state index in [-0.39, 0.29) is 0 Å². The summed E-state index contributed by atoms with van der Waals surface area (Å²) in [7, 11) is 0. The van der Waals surface area contributed by atoms with Crippen LogP contribution in [0.25, 0.3) is 0 Å². The van der Waals surface area contributed by atoms with Gasteiger partial charge in [-0.1, -0.05) is 6.42 Å². The second kappa shape index (κ2) is 6.57. The maximum atomic E-state index is 11.1. The Morgan fingerprint density at radius 1 is 1.32 bits per heavy atom. The summed E-state index contributed by atoms with van der Waals surface area (Å²) < 4.78 is 5.59. The number of aromatic carboxylic acids is 1. The summed E-state index contributed by atoms with van der Waals surface area (Å²) in [5.74, 6) is -0.0824. The Kier molecular flexibility index (Phi) is 4.80. The molecule has 0 atom stereocenters. The van der Waals surface area contributed by atoms with Crippen molar-refractivity contribution in [2.45, 2.75) is 32.7 Å². The van der Waals surface area contributed by atoms with Gasteiger partial charge in [0.15, 0.2) is 0 Å². The van der Waals surface area contributed by atoms with Gasteiger partial charge in [-0.25, -0.2) is 4.79 Å². The molecule has 1 aromatic rings. The summed E-state index contributed by atoms with van der Waals surface area (Å²) in [5, 5.41) is 9.08. The Bertz CT molecular complexity index is 439. The lowest BCUT2D eigenvalue weighted by Crippen LogP contribution is -2.29. The molecule has 1 heterocycles. The first kappa shape index (κ1) is 13.9. The number of hydrogen-bond donors (Lipinski definition) is 1. The van der Waals surface area contributed by atoms with Crippen LogP contribution in [0.3, 0.4) is 0 Å². The van der Waals surface area contributed by atoms with Crippen LogP contribution in [0.1, 0.15) is 42.1 Å². The van der Waals surface area contributed by atoms with Crippen molar-refractivity contribution in [2.75, 3.05) is 19.7 Å². The van der Waals surface area contributed by atoms with Gasteiger partial charge in [0.25, 0.3) is 0 Å². The van der Waals surface area contributed by atoms with Crippen LogP contribution in [0.15, 0.2) is 18.2 Å². The summed E-state index contributed by atoms with van der Waals surface area (Å²) in [6.45, 7) is 5.48. The maximum absolute atomic E-state index is 11.1. The van der Waals surface area contributed by atoms with Crippen LogP contribution in [-0.4, -0.2) is 35.7 Å². The first-order valence-corrected chi connectivity index (χ1v) is 6.92. The molecule has 0 saturated carbocycles. The van der Waals surface area contributed by atoms with E-state index in [1.54, 1.807) is 18.2 Å². The molecule has 104 valence electrons. The summed E-state index contributed by atoms with van der Waals surface area (Å²) in [6.07, 6.45) is 3.75. The summed E-state index contributed by atoms with van der Waals surface area (Å²) in [4.78, 5) is 13.4. The van der Waals surface area contributed by atoms with E-state index in [0.29, 0.717) is 12.2 Å². The zero-order valence-corrected chi connectivity index (χ0v) is 11.4. The third-order valence-corrected chi connectivity index (χ3v) is 3.45. The first-order chi connectivity index (χ1) is 9.20. The zero-order valence-electron chi connectivity index (χ0n) is 11.4. The second-order valence-electron chi connectivity index (χ2n) is 4.90. The van der Waals surface area contributed by atoms with Gasteiger partial charge in [0.2, 0.25) is 0 Å². The third-order valence-electron chi connectivity index (χ3n) is 3.45. The van der Waals surface area contributed by atoms with Crippen LogP contribution < -0.4 is 4.74 Å². The topological polar surface area (TPSA) is 49.8 Å². The van der Waals surface area contributed by atoms with Crippen molar-refractivity contribution < 1.29 is 14.6 Å². The molecule has 0 unspecified atom stereocenters. The van der Waals surface area contributed by atoms with Gasteiger partial charge in [-0.2, -0.15) is 0 Å². The van der Waals surface area contributed by atoms with E-state index in [0.717, 1.165) is 30.9 Å². The number of benzene rings is 1. The third kappa shape index (κ3) is 3.70. The average molecular weight is 263 g/mol. The number of likely N-dealkylation sites (tertiary alicyclic amines) is 1. The van der Waals surface area contributed by atoms with E-state index in [9.17, 15) is 4.79 Å². The van der Waals surface area contributed by atoms with Crippen LogP contribution in [0.4, 0.5) is 0 Å². The van der Waals surface area contributed by atoms with E-state index in [4.69, 9.17) is 9.84 Å². The Balaban J connectivity index is 2.18. The highest BCUT2D eigenvalue weighted by Crippen LogP contribution is 2.23. The van der Waals surface area contributed by atoms with Crippen LogP contribution in [-0.2, 0) is 6.54 Å². The molecule has 1 fully saturated rings. The monoisotopic (exact) mass is 263 g/mol. The molecule has 0 aliphatic carbocycles. The highest BCUT2D eigenvalue weighted by atomic mass is 16.5. The molecule has 1 aliphatic heterocycles. The van der Waals surface area contributed by atoms with E-state index in [2.05, 4.69) is 4.90 Å². The molecule has 1 aliphatic rings. The summed E-state index contributed by atoms with van der Waals surface area (Å²) >= 11 is 0. The van der Waals surface area contributed by atoms with E-state index < -0.39 is 5.97 Å². The fourth-order valence-corrected chi connectivity index (χ4v) is 2.49. The number of carboxylic acid groups (broad SMARTS) is 1. The van der Waals surface area contributed by atoms with Crippen LogP contribution in [0.5, 0.6) is 5.75 Å². The molecular weight excluding hydrogens is 242 g/mol. The number of ether oxygens (including phenoxy) is 1. The molecule has 2 rings (SSSR count). The SMILES string of the molecule is CCOc1ccc(C(=O)O)cc1CN1CCCCC1. The van der Waals surface area contributed by atoms with Gasteiger partial charge in [-0.3, -0.25) is 4.90 Å². The zero-order chi connectivity index (χ0) is 13.7. The molecule has 1 N–H and O–H groups in total. The minimum Gasteiger partial charge on any atom is -0.494 e. The van der Waals surface area contributed by atoms with Gasteiger partial charge < -0.3 is 9.84 Å². The lowest BCUT2D eigenvalue weighted by molar-refractivity contribution is 0.0696. The van der Waals surface area contributed by atoms with Gasteiger partial charge in [0, 0.05) is 12.1 Å². The van der Waals surface area contributed by atoms with Crippen molar-refractivity contribution in [3.05, 3.63) is 29.3 Å². The smallest absolute Gasteiger partial charge is 0.335 e. The van der Waals surface area contributed by atoms with Crippen molar-refractivity contribution in [3.63, 3.8) is 0 Å². The van der Waals surface area contributed by atoms with Crippen LogP contribution in [0, 0.1) is 0 Å². The molecule has 0 amide bonds. The number of carboxylic acids is 1. The maximum Gasteiger partial charge on any atom is 0.335 e. The molecule has 0 radical (unpaired) electrons. The van der Waals surface area contributed by atoms with E-state index >= 15 is 0 Å². The molecule has 4 nitrogen and oxygen atoms in total. The van der Waals surface area contributed by atoms with E-state index in [1.807, 2.05) is 6.92 Å². The highest BCUT2D eigenvalue weighted by Gasteiger charge is 2.15. The molecule has 1 aromatic carbocycles. The fraction of sp³-hybridized carbons (Fsp3) is 0.533. The predicted octanol–water partition coefficient (Wildman–Crippen LogP) is 2.77. The lowest BCUT2D eigenvalue weighted by atomic mass is 10.1. The van der Waals surface area contributed by atoms with Crippen molar-refractivity contribution in [1.82, 2.24) is 4.90 Å². The van der Waals surface area contributed by atoms with Gasteiger partial charge >= 0.3 is 5.97 Å². The Hall–Kier alpha value is -1.55. The van der Waals surface area contributed by atoms with Crippen molar-refractivity contribution in [2.24, 2.45) is 0 Å². The van der Waals surface area contributed by atoms with Crippen molar-refractivity contribution in [3.8, 4) is 5.75 Å². The Morgan fingerprint density at radius 2 is 2.05 bits per heavy atom. The van der Waals surface area contributed by atoms with Gasteiger partial charge in [0.05, 0.1) is 12.2 Å². The summed E-state index contributed by atoms with van der Waals surface area (Å²) in [5.41, 5.74) is 1.30. The van der Waals surface area contributed by atoms with Gasteiger partial charge in [0.1, 0.15) is 5.75 Å². The molecule has 0 spiro atoms. The minimum atomic E-state index is -0.886. The number of piperidine rings is 1. The Morgan fingerprint density at radius 3 is 2.68 bits per heavy atom. The number of nitrogens with zero attached hydrogens (tertiary/aromatic N) is 1. The van der Waals surface area contributed by atoms with Crippen LogP contribution in [0.2, 0.25) is 0 Å². The average Bonchev–Trinajstić information content (AvgIpc) is 2.42. The van der Waals surface area contributed by atoms with Crippen molar-refractivity contribution >= 4 is 5.97 Å². The normalized spacial score (nSPS) is 16.3. The summed E-state index contributed by atoms with van der Waals surface area (Å²) in [6, 6.07) is 5.11. The molecule has 1 saturated heterocycles. The Labute approximate surface area is 114 Å². The fourth-order valence-electron chi connectivity index (χ4n) is 2.49.